The second-order valence-electron chi connectivity index (χ2n) is 5.53. The van der Waals surface area contributed by atoms with Crippen molar-refractivity contribution in [1.82, 2.24) is 0 Å². The van der Waals surface area contributed by atoms with Crippen LogP contribution in [0, 0.1) is 0 Å². The van der Waals surface area contributed by atoms with Crippen LogP contribution >= 0.6 is 0 Å². The lowest BCUT2D eigenvalue weighted by atomic mass is 10.0. The average molecular weight is 265 g/mol. The quantitative estimate of drug-likeness (QED) is 0.732. The minimum Gasteiger partial charge on any atom is -0.591 e. The van der Waals surface area contributed by atoms with Crippen molar-refractivity contribution < 1.29 is 9.29 Å². The molecule has 1 heterocycles. The summed E-state index contributed by atoms with van der Waals surface area (Å²) in [5.41, 5.74) is 1.85. The number of rotatable bonds is 1. The normalized spacial score (nSPS) is 23.4. The Labute approximate surface area is 112 Å². The Balaban J connectivity index is 2.37. The Hall–Kier alpha value is -1.00. The summed E-state index contributed by atoms with van der Waals surface area (Å²) in [6.07, 6.45) is 0.786. The van der Waals surface area contributed by atoms with Crippen molar-refractivity contribution >= 4 is 17.1 Å². The van der Waals surface area contributed by atoms with Crippen molar-refractivity contribution in [3.8, 4) is 5.75 Å². The van der Waals surface area contributed by atoms with Crippen LogP contribution in [0.25, 0.3) is 0 Å². The Kier molecular flexibility index (Phi) is 3.69. The lowest BCUT2D eigenvalue weighted by molar-refractivity contribution is 0.222. The van der Waals surface area contributed by atoms with Crippen LogP contribution in [-0.2, 0) is 11.4 Å². The van der Waals surface area contributed by atoms with Crippen LogP contribution in [0.5, 0.6) is 5.75 Å². The number of nitrogens with zero attached hydrogens (tertiary/aromatic N) is 1. The van der Waals surface area contributed by atoms with E-state index in [4.69, 9.17) is 4.74 Å². The summed E-state index contributed by atoms with van der Waals surface area (Å²) < 4.78 is 22.0. The van der Waals surface area contributed by atoms with Gasteiger partial charge in [-0.3, -0.25) is 0 Å². The highest BCUT2D eigenvalue weighted by Crippen LogP contribution is 2.29. The molecule has 0 amide bonds. The first-order chi connectivity index (χ1) is 8.38. The van der Waals surface area contributed by atoms with Crippen LogP contribution in [-0.4, -0.2) is 21.1 Å². The van der Waals surface area contributed by atoms with Gasteiger partial charge in [0.15, 0.2) is 0 Å². The van der Waals surface area contributed by atoms with Gasteiger partial charge in [0.05, 0.1) is 0 Å². The molecule has 1 aromatic rings. The van der Waals surface area contributed by atoms with Crippen molar-refractivity contribution in [2.24, 2.45) is 4.40 Å². The summed E-state index contributed by atoms with van der Waals surface area (Å²) in [5, 5.41) is 0. The first-order valence-electron chi connectivity index (χ1n) is 6.13. The van der Waals surface area contributed by atoms with E-state index in [1.165, 1.54) is 0 Å². The van der Waals surface area contributed by atoms with Gasteiger partial charge in [-0.25, -0.2) is 0 Å². The maximum atomic E-state index is 12.1. The van der Waals surface area contributed by atoms with E-state index in [0.29, 0.717) is 6.42 Å². The van der Waals surface area contributed by atoms with E-state index in [2.05, 4.69) is 4.40 Å². The maximum Gasteiger partial charge on any atom is 0.144 e. The molecule has 2 atom stereocenters. The van der Waals surface area contributed by atoms with E-state index < -0.39 is 11.4 Å². The zero-order valence-corrected chi connectivity index (χ0v) is 12.1. The molecule has 1 unspecified atom stereocenters. The Morgan fingerprint density at radius 1 is 1.33 bits per heavy atom. The second-order valence-corrected chi connectivity index (χ2v) is 7.43. The van der Waals surface area contributed by atoms with Gasteiger partial charge in [-0.05, 0) is 39.8 Å². The third-order valence-electron chi connectivity index (χ3n) is 2.72. The summed E-state index contributed by atoms with van der Waals surface area (Å²) >= 11 is -1.22. The SMILES string of the molecule is C[C@@H]1CC(=N[S+]([O-])C(C)(C)C)c2ccccc2O1. The molecule has 0 spiro atoms. The number of benzene rings is 1. The Morgan fingerprint density at radius 3 is 2.67 bits per heavy atom. The van der Waals surface area contributed by atoms with E-state index >= 15 is 0 Å². The number of fused-ring (bicyclic) bond motifs is 1. The van der Waals surface area contributed by atoms with E-state index in [9.17, 15) is 4.55 Å². The molecule has 0 saturated heterocycles. The predicted octanol–water partition coefficient (Wildman–Crippen LogP) is 3.11. The van der Waals surface area contributed by atoms with Crippen LogP contribution in [0.4, 0.5) is 0 Å². The maximum absolute atomic E-state index is 12.1. The Morgan fingerprint density at radius 2 is 2.00 bits per heavy atom. The van der Waals surface area contributed by atoms with Crippen molar-refractivity contribution in [3.05, 3.63) is 29.8 Å². The molecule has 0 radical (unpaired) electrons. The molecule has 0 N–H and O–H groups in total. The molecule has 2 rings (SSSR count). The standard InChI is InChI=1S/C14H19NO2S/c1-10-9-12(15-18(16)14(2,3)4)11-7-5-6-8-13(11)17-10/h5-8,10H,9H2,1-4H3/t10-,18?/m1/s1. The summed E-state index contributed by atoms with van der Waals surface area (Å²) in [7, 11) is 0. The van der Waals surface area contributed by atoms with Crippen molar-refractivity contribution in [2.75, 3.05) is 0 Å². The molecule has 1 aliphatic heterocycles. The fraction of sp³-hybridized carbons (Fsp3) is 0.500. The van der Waals surface area contributed by atoms with Gasteiger partial charge in [0.1, 0.15) is 33.7 Å². The minimum absolute atomic E-state index is 0.0793. The number of hydrogen-bond acceptors (Lipinski definition) is 3. The van der Waals surface area contributed by atoms with Crippen LogP contribution in [0.3, 0.4) is 0 Å². The van der Waals surface area contributed by atoms with Gasteiger partial charge in [0.2, 0.25) is 0 Å². The van der Waals surface area contributed by atoms with Gasteiger partial charge in [-0.2, -0.15) is 0 Å². The number of ether oxygens (including phenoxy) is 1. The summed E-state index contributed by atoms with van der Waals surface area (Å²) in [5.74, 6) is 0.834. The molecule has 0 bridgehead atoms. The lowest BCUT2D eigenvalue weighted by Gasteiger charge is -2.25. The van der Waals surface area contributed by atoms with E-state index in [1.54, 1.807) is 0 Å². The van der Waals surface area contributed by atoms with Crippen molar-refractivity contribution in [1.29, 1.82) is 0 Å². The highest BCUT2D eigenvalue weighted by atomic mass is 32.2. The molecule has 0 fully saturated rings. The van der Waals surface area contributed by atoms with E-state index in [1.807, 2.05) is 52.0 Å². The molecule has 0 aliphatic carbocycles. The highest BCUT2D eigenvalue weighted by Gasteiger charge is 2.30. The zero-order valence-electron chi connectivity index (χ0n) is 11.3. The van der Waals surface area contributed by atoms with Crippen molar-refractivity contribution in [2.45, 2.75) is 45.0 Å². The molecule has 1 aromatic carbocycles. The molecule has 1 aliphatic rings. The summed E-state index contributed by atoms with van der Waals surface area (Å²) in [4.78, 5) is 0. The monoisotopic (exact) mass is 265 g/mol. The third kappa shape index (κ3) is 2.87. The van der Waals surface area contributed by atoms with E-state index in [-0.39, 0.29) is 10.9 Å². The van der Waals surface area contributed by atoms with Gasteiger partial charge in [-0.15, -0.1) is 0 Å². The fourth-order valence-electron chi connectivity index (χ4n) is 1.77. The first kappa shape index (κ1) is 13.4. The van der Waals surface area contributed by atoms with Gasteiger partial charge in [0, 0.05) is 12.0 Å². The van der Waals surface area contributed by atoms with Gasteiger partial charge in [-0.1, -0.05) is 16.5 Å². The van der Waals surface area contributed by atoms with Crippen LogP contribution < -0.4 is 4.74 Å². The number of para-hydroxylation sites is 1. The van der Waals surface area contributed by atoms with Gasteiger partial charge >= 0.3 is 0 Å². The molecule has 3 nitrogen and oxygen atoms in total. The van der Waals surface area contributed by atoms with Crippen molar-refractivity contribution in [3.63, 3.8) is 0 Å². The predicted molar refractivity (Wildman–Crippen MR) is 75.6 cm³/mol. The first-order valence-corrected chi connectivity index (χ1v) is 7.24. The molecule has 4 heteroatoms. The fourth-order valence-corrected chi connectivity index (χ4v) is 2.42. The van der Waals surface area contributed by atoms with Crippen LogP contribution in [0.15, 0.2) is 28.7 Å². The number of hydrogen-bond donors (Lipinski definition) is 0. The van der Waals surface area contributed by atoms with E-state index in [0.717, 1.165) is 17.0 Å². The molecular formula is C14H19NO2S. The zero-order chi connectivity index (χ0) is 13.3. The highest BCUT2D eigenvalue weighted by molar-refractivity contribution is 7.91. The summed E-state index contributed by atoms with van der Waals surface area (Å²) in [6, 6.07) is 7.79. The lowest BCUT2D eigenvalue weighted by Crippen LogP contribution is -2.30. The van der Waals surface area contributed by atoms with Gasteiger partial charge < -0.3 is 9.29 Å². The largest absolute Gasteiger partial charge is 0.591 e. The molecule has 0 saturated carbocycles. The average Bonchev–Trinajstić information content (AvgIpc) is 2.27. The molecule has 98 valence electrons. The second kappa shape index (κ2) is 4.94. The minimum atomic E-state index is -1.22. The van der Waals surface area contributed by atoms with Crippen LogP contribution in [0.1, 0.15) is 39.7 Å². The molecule has 18 heavy (non-hydrogen) atoms. The molecular weight excluding hydrogens is 246 g/mol. The van der Waals surface area contributed by atoms with Gasteiger partial charge in [0.25, 0.3) is 0 Å². The summed E-state index contributed by atoms with van der Waals surface area (Å²) in [6.45, 7) is 7.80. The smallest absolute Gasteiger partial charge is 0.144 e. The topological polar surface area (TPSA) is 44.7 Å². The van der Waals surface area contributed by atoms with Crippen LogP contribution in [0.2, 0.25) is 0 Å². The third-order valence-corrected chi connectivity index (χ3v) is 4.16. The molecule has 0 aromatic heterocycles. The Bertz CT molecular complexity index is 465.